The lowest BCUT2D eigenvalue weighted by Gasteiger charge is -2.07. The maximum Gasteiger partial charge on any atom is 0.308 e. The first-order chi connectivity index (χ1) is 13.4. The first-order valence-electron chi connectivity index (χ1n) is 8.48. The Balaban J connectivity index is 2.03. The number of aromatic nitrogens is 1. The molecule has 0 atom stereocenters. The summed E-state index contributed by atoms with van der Waals surface area (Å²) in [5, 5.41) is 10.3. The molecule has 0 aliphatic heterocycles. The third-order valence-electron chi connectivity index (χ3n) is 3.84. The van der Waals surface area contributed by atoms with E-state index in [0.29, 0.717) is 38.5 Å². The van der Waals surface area contributed by atoms with Crippen molar-refractivity contribution in [3.8, 4) is 27.6 Å². The second kappa shape index (κ2) is 8.90. The van der Waals surface area contributed by atoms with E-state index in [9.17, 15) is 14.3 Å². The molecule has 3 rings (SSSR count). The molecule has 0 aliphatic carbocycles. The minimum absolute atomic E-state index is 0.00608. The van der Waals surface area contributed by atoms with Crippen LogP contribution >= 0.6 is 34.5 Å². The lowest BCUT2D eigenvalue weighted by atomic mass is 10.1. The number of carboxylic acid groups (broad SMARTS) is 1. The Morgan fingerprint density at radius 3 is 2.57 bits per heavy atom. The number of hydrogen-bond acceptors (Lipinski definition) is 4. The lowest BCUT2D eigenvalue weighted by Crippen LogP contribution is -1.99. The third kappa shape index (κ3) is 4.63. The van der Waals surface area contributed by atoms with Gasteiger partial charge in [0.05, 0.1) is 28.8 Å². The fourth-order valence-electron chi connectivity index (χ4n) is 2.56. The predicted molar refractivity (Wildman–Crippen MR) is 110 cm³/mol. The number of aliphatic carboxylic acids is 1. The summed E-state index contributed by atoms with van der Waals surface area (Å²) >= 11 is 13.3. The highest BCUT2D eigenvalue weighted by Crippen LogP contribution is 2.37. The van der Waals surface area contributed by atoms with Gasteiger partial charge in [-0.25, -0.2) is 9.37 Å². The van der Waals surface area contributed by atoms with E-state index in [0.717, 1.165) is 12.0 Å². The van der Waals surface area contributed by atoms with Gasteiger partial charge < -0.3 is 9.84 Å². The van der Waals surface area contributed by atoms with Gasteiger partial charge in [0, 0.05) is 16.0 Å². The van der Waals surface area contributed by atoms with E-state index in [4.69, 9.17) is 27.9 Å². The van der Waals surface area contributed by atoms with Crippen LogP contribution in [-0.4, -0.2) is 22.7 Å². The number of nitrogens with zero attached hydrogens (tertiary/aromatic N) is 1. The number of rotatable bonds is 7. The van der Waals surface area contributed by atoms with Crippen LogP contribution in [-0.2, 0) is 11.2 Å². The molecule has 0 aliphatic rings. The van der Waals surface area contributed by atoms with Gasteiger partial charge in [0.1, 0.15) is 16.6 Å². The van der Waals surface area contributed by atoms with Gasteiger partial charge in [-0.2, -0.15) is 0 Å². The number of hydrogen-bond donors (Lipinski definition) is 1. The zero-order valence-corrected chi connectivity index (χ0v) is 17.2. The Bertz CT molecular complexity index is 1020. The van der Waals surface area contributed by atoms with Crippen LogP contribution in [0.25, 0.3) is 21.8 Å². The minimum atomic E-state index is -0.993. The summed E-state index contributed by atoms with van der Waals surface area (Å²) in [6.45, 7) is 2.56. The fourth-order valence-corrected chi connectivity index (χ4v) is 3.99. The summed E-state index contributed by atoms with van der Waals surface area (Å²) in [6, 6.07) is 9.58. The van der Waals surface area contributed by atoms with E-state index in [1.165, 1.54) is 23.5 Å². The Hall–Kier alpha value is -2.15. The molecule has 0 fully saturated rings. The maximum atomic E-state index is 13.9. The molecule has 0 unspecified atom stereocenters. The number of carbonyl (C=O) groups is 1. The molecular formula is C20H16Cl2FNO3S. The largest absolute Gasteiger partial charge is 0.492 e. The molecule has 1 heterocycles. The molecule has 0 bridgehead atoms. The van der Waals surface area contributed by atoms with Gasteiger partial charge in [-0.15, -0.1) is 11.3 Å². The van der Waals surface area contributed by atoms with Crippen molar-refractivity contribution in [1.82, 2.24) is 4.98 Å². The van der Waals surface area contributed by atoms with Gasteiger partial charge in [0.25, 0.3) is 0 Å². The zero-order chi connectivity index (χ0) is 20.3. The molecule has 0 saturated carbocycles. The molecule has 1 N–H and O–H groups in total. The topological polar surface area (TPSA) is 59.4 Å². The second-order valence-electron chi connectivity index (χ2n) is 5.98. The monoisotopic (exact) mass is 439 g/mol. The average molecular weight is 440 g/mol. The van der Waals surface area contributed by atoms with E-state index in [-0.39, 0.29) is 11.4 Å². The van der Waals surface area contributed by atoms with E-state index in [1.807, 2.05) is 13.0 Å². The van der Waals surface area contributed by atoms with Crippen LogP contribution in [0, 0.1) is 5.82 Å². The van der Waals surface area contributed by atoms with Crippen LogP contribution in [0.5, 0.6) is 5.75 Å². The standard InChI is InChI=1S/C20H16Cl2FNO3S/c1-2-7-27-16-6-4-12(8-14(16)22)20-24-19(17(28-20)10-18(25)26)11-3-5-13(21)15(23)9-11/h3-6,8-9H,2,7,10H2,1H3,(H,25,26). The third-order valence-corrected chi connectivity index (χ3v) is 5.55. The predicted octanol–water partition coefficient (Wildman–Crippen LogP) is 6.34. The minimum Gasteiger partial charge on any atom is -0.492 e. The van der Waals surface area contributed by atoms with Crippen LogP contribution in [0.3, 0.4) is 0 Å². The molecule has 0 spiro atoms. The van der Waals surface area contributed by atoms with Gasteiger partial charge in [-0.3, -0.25) is 4.79 Å². The quantitative estimate of drug-likeness (QED) is 0.466. The van der Waals surface area contributed by atoms with Crippen molar-refractivity contribution < 1.29 is 19.0 Å². The van der Waals surface area contributed by atoms with Gasteiger partial charge >= 0.3 is 5.97 Å². The van der Waals surface area contributed by atoms with Crippen molar-refractivity contribution in [2.75, 3.05) is 6.61 Å². The van der Waals surface area contributed by atoms with E-state index in [2.05, 4.69) is 4.98 Å². The van der Waals surface area contributed by atoms with E-state index < -0.39 is 11.8 Å². The van der Waals surface area contributed by atoms with Crippen molar-refractivity contribution in [2.24, 2.45) is 0 Å². The molecule has 28 heavy (non-hydrogen) atoms. The summed E-state index contributed by atoms with van der Waals surface area (Å²) in [6.07, 6.45) is 0.646. The van der Waals surface area contributed by atoms with E-state index in [1.54, 1.807) is 18.2 Å². The highest BCUT2D eigenvalue weighted by Gasteiger charge is 2.18. The first-order valence-corrected chi connectivity index (χ1v) is 10.1. The van der Waals surface area contributed by atoms with E-state index >= 15 is 0 Å². The molecule has 3 aromatic rings. The van der Waals surface area contributed by atoms with Crippen molar-refractivity contribution in [1.29, 1.82) is 0 Å². The summed E-state index contributed by atoms with van der Waals surface area (Å²) < 4.78 is 19.5. The first kappa shape index (κ1) is 20.6. The van der Waals surface area contributed by atoms with Crippen LogP contribution in [0.2, 0.25) is 10.0 Å². The Morgan fingerprint density at radius 1 is 1.18 bits per heavy atom. The zero-order valence-electron chi connectivity index (χ0n) is 14.8. The fraction of sp³-hybridized carbons (Fsp3) is 0.200. The average Bonchev–Trinajstić information content (AvgIpc) is 3.06. The van der Waals surface area contributed by atoms with Crippen LogP contribution in [0.4, 0.5) is 4.39 Å². The van der Waals surface area contributed by atoms with Gasteiger partial charge in [-0.1, -0.05) is 36.2 Å². The van der Waals surface area contributed by atoms with Crippen LogP contribution < -0.4 is 4.74 Å². The van der Waals surface area contributed by atoms with Crippen molar-refractivity contribution in [2.45, 2.75) is 19.8 Å². The van der Waals surface area contributed by atoms with Crippen LogP contribution in [0.15, 0.2) is 36.4 Å². The summed E-state index contributed by atoms with van der Waals surface area (Å²) in [5.74, 6) is -1.00. The number of carboxylic acids is 1. The Kier molecular flexibility index (Phi) is 6.54. The van der Waals surface area contributed by atoms with Crippen molar-refractivity contribution in [3.63, 3.8) is 0 Å². The molecule has 0 saturated heterocycles. The lowest BCUT2D eigenvalue weighted by molar-refractivity contribution is -0.136. The maximum absolute atomic E-state index is 13.9. The Labute approximate surface area is 175 Å². The molecule has 1 aromatic heterocycles. The van der Waals surface area contributed by atoms with Crippen LogP contribution in [0.1, 0.15) is 18.2 Å². The Morgan fingerprint density at radius 2 is 1.93 bits per heavy atom. The SMILES string of the molecule is CCCOc1ccc(-c2nc(-c3ccc(Cl)c(F)c3)c(CC(=O)O)s2)cc1Cl. The summed E-state index contributed by atoms with van der Waals surface area (Å²) in [5.41, 5.74) is 1.61. The molecule has 0 radical (unpaired) electrons. The summed E-state index contributed by atoms with van der Waals surface area (Å²) in [7, 11) is 0. The number of halogens is 3. The van der Waals surface area contributed by atoms with Gasteiger partial charge in [0.2, 0.25) is 0 Å². The smallest absolute Gasteiger partial charge is 0.308 e. The molecule has 2 aromatic carbocycles. The molecule has 8 heteroatoms. The van der Waals surface area contributed by atoms with Crippen molar-refractivity contribution >= 4 is 40.5 Å². The van der Waals surface area contributed by atoms with Gasteiger partial charge in [-0.05, 0) is 36.8 Å². The molecular weight excluding hydrogens is 424 g/mol. The molecule has 146 valence electrons. The highest BCUT2D eigenvalue weighted by molar-refractivity contribution is 7.15. The number of ether oxygens (including phenoxy) is 1. The van der Waals surface area contributed by atoms with Gasteiger partial charge in [0.15, 0.2) is 0 Å². The summed E-state index contributed by atoms with van der Waals surface area (Å²) in [4.78, 5) is 16.3. The van der Waals surface area contributed by atoms with Crippen molar-refractivity contribution in [3.05, 3.63) is 57.1 Å². The number of benzene rings is 2. The highest BCUT2D eigenvalue weighted by atomic mass is 35.5. The number of thiazole rings is 1. The molecule has 0 amide bonds. The normalized spacial score (nSPS) is 10.9. The molecule has 4 nitrogen and oxygen atoms in total. The second-order valence-corrected chi connectivity index (χ2v) is 7.88.